The van der Waals surface area contributed by atoms with E-state index in [2.05, 4.69) is 23.6 Å². The first-order chi connectivity index (χ1) is 9.34. The molecular weight excluding hydrogens is 274 g/mol. The summed E-state index contributed by atoms with van der Waals surface area (Å²) in [6.45, 7) is 4.30. The van der Waals surface area contributed by atoms with E-state index in [1.807, 2.05) is 6.07 Å². The summed E-state index contributed by atoms with van der Waals surface area (Å²) in [5.41, 5.74) is 0.0911. The fourth-order valence-electron chi connectivity index (χ4n) is 2.77. The van der Waals surface area contributed by atoms with E-state index in [4.69, 9.17) is 5.26 Å². The molecule has 0 spiro atoms. The van der Waals surface area contributed by atoms with Crippen molar-refractivity contribution in [3.05, 3.63) is 24.0 Å². The smallest absolute Gasteiger partial charge is 0.243 e. The van der Waals surface area contributed by atoms with Crippen molar-refractivity contribution < 1.29 is 8.42 Å². The van der Waals surface area contributed by atoms with Gasteiger partial charge in [-0.3, -0.25) is 0 Å². The highest BCUT2D eigenvalue weighted by molar-refractivity contribution is 7.89. The molecule has 6 heteroatoms. The largest absolute Gasteiger partial charge is 0.244 e. The Hall–Kier alpha value is -1.45. The van der Waals surface area contributed by atoms with E-state index in [1.54, 1.807) is 0 Å². The van der Waals surface area contributed by atoms with Crippen LogP contribution >= 0.6 is 0 Å². The van der Waals surface area contributed by atoms with Gasteiger partial charge in [0.15, 0.2) is 5.69 Å². The zero-order valence-corrected chi connectivity index (χ0v) is 12.6. The van der Waals surface area contributed by atoms with Crippen molar-refractivity contribution in [3.63, 3.8) is 0 Å². The van der Waals surface area contributed by atoms with E-state index in [0.29, 0.717) is 0 Å². The summed E-state index contributed by atoms with van der Waals surface area (Å²) in [5.74, 6) is 0. The van der Waals surface area contributed by atoms with Gasteiger partial charge in [0.1, 0.15) is 11.0 Å². The molecule has 1 unspecified atom stereocenters. The van der Waals surface area contributed by atoms with Crippen LogP contribution in [-0.2, 0) is 10.0 Å². The predicted molar refractivity (Wildman–Crippen MR) is 75.3 cm³/mol. The van der Waals surface area contributed by atoms with Crippen LogP contribution in [0.4, 0.5) is 0 Å². The van der Waals surface area contributed by atoms with Crippen molar-refractivity contribution >= 4 is 10.0 Å². The number of pyridine rings is 1. The molecule has 1 atom stereocenters. The van der Waals surface area contributed by atoms with Gasteiger partial charge in [-0.25, -0.2) is 18.1 Å². The third kappa shape index (κ3) is 3.35. The molecular formula is C14H19N3O2S. The van der Waals surface area contributed by atoms with E-state index in [9.17, 15) is 8.42 Å². The molecule has 2 rings (SSSR count). The van der Waals surface area contributed by atoms with E-state index in [1.165, 1.54) is 18.3 Å². The standard InChI is InChI=1S/C14H19N3O2S/c1-14(2)7-3-5-11(9-14)17-20(18,19)13-6-4-8-16-12(13)10-15/h4,6,8,11,17H,3,5,7,9H2,1-2H3. The van der Waals surface area contributed by atoms with Crippen LogP contribution in [0.3, 0.4) is 0 Å². The molecule has 0 aromatic carbocycles. The lowest BCUT2D eigenvalue weighted by molar-refractivity contribution is 0.212. The Labute approximate surface area is 120 Å². The molecule has 0 radical (unpaired) electrons. The molecule has 1 aromatic rings. The SMILES string of the molecule is CC1(C)CCCC(NS(=O)(=O)c2cccnc2C#N)C1. The number of hydrogen-bond donors (Lipinski definition) is 1. The Morgan fingerprint density at radius 1 is 1.50 bits per heavy atom. The number of nitrogens with zero attached hydrogens (tertiary/aromatic N) is 2. The van der Waals surface area contributed by atoms with Crippen LogP contribution in [-0.4, -0.2) is 19.4 Å². The third-order valence-corrected chi connectivity index (χ3v) is 5.25. The maximum absolute atomic E-state index is 12.4. The zero-order valence-electron chi connectivity index (χ0n) is 11.8. The highest BCUT2D eigenvalue weighted by Crippen LogP contribution is 2.35. The van der Waals surface area contributed by atoms with Crippen molar-refractivity contribution in [2.45, 2.75) is 50.5 Å². The van der Waals surface area contributed by atoms with Gasteiger partial charge in [-0.2, -0.15) is 5.26 Å². The zero-order chi connectivity index (χ0) is 14.8. The van der Waals surface area contributed by atoms with Gasteiger partial charge in [0.05, 0.1) is 0 Å². The van der Waals surface area contributed by atoms with Gasteiger partial charge >= 0.3 is 0 Å². The predicted octanol–water partition coefficient (Wildman–Crippen LogP) is 2.20. The molecule has 1 aliphatic rings. The maximum Gasteiger partial charge on any atom is 0.243 e. The fourth-order valence-corrected chi connectivity index (χ4v) is 4.15. The normalized spacial score (nSPS) is 22.1. The average molecular weight is 293 g/mol. The first-order valence-corrected chi connectivity index (χ1v) is 8.20. The van der Waals surface area contributed by atoms with Crippen LogP contribution in [0.1, 0.15) is 45.2 Å². The molecule has 1 heterocycles. The summed E-state index contributed by atoms with van der Waals surface area (Å²) in [6.07, 6.45) is 5.19. The minimum Gasteiger partial charge on any atom is -0.244 e. The number of rotatable bonds is 3. The number of aromatic nitrogens is 1. The summed E-state index contributed by atoms with van der Waals surface area (Å²) in [5, 5.41) is 8.97. The van der Waals surface area contributed by atoms with E-state index < -0.39 is 10.0 Å². The molecule has 1 aliphatic carbocycles. The van der Waals surface area contributed by atoms with Gasteiger partial charge in [0, 0.05) is 12.2 Å². The van der Waals surface area contributed by atoms with Crippen LogP contribution < -0.4 is 4.72 Å². The summed E-state index contributed by atoms with van der Waals surface area (Å²) in [6, 6.07) is 4.70. The van der Waals surface area contributed by atoms with Crippen molar-refractivity contribution in [1.82, 2.24) is 9.71 Å². The van der Waals surface area contributed by atoms with Gasteiger partial charge < -0.3 is 0 Å². The van der Waals surface area contributed by atoms with Crippen LogP contribution in [0.25, 0.3) is 0 Å². The van der Waals surface area contributed by atoms with Crippen LogP contribution in [0, 0.1) is 16.7 Å². The third-order valence-electron chi connectivity index (χ3n) is 3.69. The van der Waals surface area contributed by atoms with Crippen molar-refractivity contribution in [1.29, 1.82) is 5.26 Å². The number of hydrogen-bond acceptors (Lipinski definition) is 4. The van der Waals surface area contributed by atoms with Crippen LogP contribution in [0.15, 0.2) is 23.2 Å². The first-order valence-electron chi connectivity index (χ1n) is 6.71. The van der Waals surface area contributed by atoms with E-state index in [0.717, 1.165) is 25.7 Å². The van der Waals surface area contributed by atoms with Gasteiger partial charge in [-0.15, -0.1) is 0 Å². The topological polar surface area (TPSA) is 82.8 Å². The summed E-state index contributed by atoms with van der Waals surface area (Å²) in [4.78, 5) is 3.77. The Morgan fingerprint density at radius 3 is 2.90 bits per heavy atom. The molecule has 0 bridgehead atoms. The van der Waals surface area contributed by atoms with Gasteiger partial charge in [0.2, 0.25) is 10.0 Å². The van der Waals surface area contributed by atoms with Gasteiger partial charge in [-0.1, -0.05) is 20.3 Å². The summed E-state index contributed by atoms with van der Waals surface area (Å²) < 4.78 is 27.5. The fraction of sp³-hybridized carbons (Fsp3) is 0.571. The average Bonchev–Trinajstić information content (AvgIpc) is 2.37. The van der Waals surface area contributed by atoms with Crippen molar-refractivity contribution in [3.8, 4) is 6.07 Å². The van der Waals surface area contributed by atoms with E-state index in [-0.39, 0.29) is 22.0 Å². The monoisotopic (exact) mass is 293 g/mol. The quantitative estimate of drug-likeness (QED) is 0.926. The van der Waals surface area contributed by atoms with E-state index >= 15 is 0 Å². The summed E-state index contributed by atoms with van der Waals surface area (Å²) in [7, 11) is -3.69. The Kier molecular flexibility index (Phi) is 4.11. The molecule has 20 heavy (non-hydrogen) atoms. The molecule has 0 aliphatic heterocycles. The lowest BCUT2D eigenvalue weighted by Gasteiger charge is -2.35. The van der Waals surface area contributed by atoms with Crippen molar-refractivity contribution in [2.24, 2.45) is 5.41 Å². The number of nitriles is 1. The van der Waals surface area contributed by atoms with Gasteiger partial charge in [0.25, 0.3) is 0 Å². The Balaban J connectivity index is 2.22. The van der Waals surface area contributed by atoms with Gasteiger partial charge in [-0.05, 0) is 36.8 Å². The number of nitrogens with one attached hydrogen (secondary N) is 1. The Morgan fingerprint density at radius 2 is 2.25 bits per heavy atom. The van der Waals surface area contributed by atoms with Crippen molar-refractivity contribution in [2.75, 3.05) is 0 Å². The minimum absolute atomic E-state index is 0.0362. The number of sulfonamides is 1. The molecule has 1 fully saturated rings. The second-order valence-electron chi connectivity index (χ2n) is 6.04. The molecule has 0 saturated heterocycles. The lowest BCUT2D eigenvalue weighted by Crippen LogP contribution is -2.40. The highest BCUT2D eigenvalue weighted by atomic mass is 32.2. The minimum atomic E-state index is -3.69. The molecule has 1 aromatic heterocycles. The second kappa shape index (κ2) is 5.51. The summed E-state index contributed by atoms with van der Waals surface area (Å²) >= 11 is 0. The second-order valence-corrected chi connectivity index (χ2v) is 7.72. The van der Waals surface area contributed by atoms with Crippen LogP contribution in [0.2, 0.25) is 0 Å². The maximum atomic E-state index is 12.4. The molecule has 0 amide bonds. The Bertz CT molecular complexity index is 632. The lowest BCUT2D eigenvalue weighted by atomic mass is 9.75. The van der Waals surface area contributed by atoms with Crippen LogP contribution in [0.5, 0.6) is 0 Å². The molecule has 5 nitrogen and oxygen atoms in total. The first kappa shape index (κ1) is 14.9. The molecule has 1 saturated carbocycles. The molecule has 1 N–H and O–H groups in total. The molecule has 108 valence electrons. The highest BCUT2D eigenvalue weighted by Gasteiger charge is 2.31.